The lowest BCUT2D eigenvalue weighted by Gasteiger charge is -2.15. The third kappa shape index (κ3) is 5.67. The van der Waals surface area contributed by atoms with Crippen LogP contribution in [0, 0.1) is 0 Å². The van der Waals surface area contributed by atoms with Gasteiger partial charge in [-0.15, -0.1) is 0 Å². The molecule has 0 saturated carbocycles. The predicted octanol–water partition coefficient (Wildman–Crippen LogP) is 5.83. The van der Waals surface area contributed by atoms with Crippen molar-refractivity contribution in [1.29, 1.82) is 0 Å². The summed E-state index contributed by atoms with van der Waals surface area (Å²) >= 11 is 0. The van der Waals surface area contributed by atoms with Crippen LogP contribution in [0.25, 0.3) is 11.3 Å². The Kier molecular flexibility index (Phi) is 8.21. The molecule has 1 fully saturated rings. The molecule has 1 amide bonds. The van der Waals surface area contributed by atoms with Crippen molar-refractivity contribution >= 4 is 28.8 Å². The Morgan fingerprint density at radius 1 is 1.17 bits per heavy atom. The molecule has 1 atom stereocenters. The van der Waals surface area contributed by atoms with E-state index in [-0.39, 0.29) is 11.9 Å². The van der Waals surface area contributed by atoms with E-state index in [0.29, 0.717) is 18.9 Å². The van der Waals surface area contributed by atoms with E-state index >= 15 is 0 Å². The molecule has 1 unspecified atom stereocenters. The van der Waals surface area contributed by atoms with Crippen LogP contribution in [0.15, 0.2) is 71.7 Å². The molecule has 188 valence electrons. The summed E-state index contributed by atoms with van der Waals surface area (Å²) in [6.45, 7) is 8.09. The number of nitrogen functional groups attached to an aromatic ring is 1. The molecule has 4 rings (SSSR count). The highest BCUT2D eigenvalue weighted by molar-refractivity contribution is 6.07. The number of allylic oxidation sites excluding steroid dienone is 1. The molecule has 1 aliphatic rings. The number of hydrogen-bond donors (Lipinski definition) is 2. The maximum absolute atomic E-state index is 12.4. The topological polar surface area (TPSA) is 88.5 Å². The van der Waals surface area contributed by atoms with Gasteiger partial charge in [-0.2, -0.15) is 5.10 Å². The van der Waals surface area contributed by atoms with E-state index in [1.54, 1.807) is 12.2 Å². The molecule has 7 heteroatoms. The Hall–Kier alpha value is -3.87. The summed E-state index contributed by atoms with van der Waals surface area (Å²) in [5, 5.41) is 8.42. The van der Waals surface area contributed by atoms with E-state index in [4.69, 9.17) is 15.8 Å². The number of unbranched alkanes of at least 4 members (excludes halogenated alkanes) is 1. The SMILES string of the molecule is C/C=C/C(=O)N1CCC(n2nc(-c3ccc(Nc4ccccc4)cc3)c(C(C)=NCCCC)c2N)C1. The van der Waals surface area contributed by atoms with Gasteiger partial charge in [0.15, 0.2) is 0 Å². The van der Waals surface area contributed by atoms with Gasteiger partial charge in [0, 0.05) is 42.3 Å². The minimum absolute atomic E-state index is 0.0324. The third-order valence-corrected chi connectivity index (χ3v) is 6.52. The molecular formula is C29H36N6O. The van der Waals surface area contributed by atoms with Crippen LogP contribution in [0.4, 0.5) is 17.2 Å². The Labute approximate surface area is 213 Å². The smallest absolute Gasteiger partial charge is 0.246 e. The lowest BCUT2D eigenvalue weighted by molar-refractivity contribution is -0.125. The van der Waals surface area contributed by atoms with Gasteiger partial charge in [0.1, 0.15) is 11.5 Å². The third-order valence-electron chi connectivity index (χ3n) is 6.52. The number of hydrogen-bond acceptors (Lipinski definition) is 5. The molecule has 7 nitrogen and oxygen atoms in total. The summed E-state index contributed by atoms with van der Waals surface area (Å²) in [5.41, 5.74) is 12.4. The second-order valence-electron chi connectivity index (χ2n) is 9.17. The zero-order chi connectivity index (χ0) is 25.5. The molecule has 0 aliphatic carbocycles. The summed E-state index contributed by atoms with van der Waals surface area (Å²) in [6, 6.07) is 18.4. The quantitative estimate of drug-likeness (QED) is 0.227. The van der Waals surface area contributed by atoms with E-state index in [0.717, 1.165) is 59.7 Å². The molecule has 3 aromatic rings. The Balaban J connectivity index is 1.66. The van der Waals surface area contributed by atoms with Crippen molar-refractivity contribution < 1.29 is 4.79 Å². The fraction of sp³-hybridized carbons (Fsp3) is 0.345. The minimum Gasteiger partial charge on any atom is -0.383 e. The largest absolute Gasteiger partial charge is 0.383 e. The molecular weight excluding hydrogens is 448 g/mol. The fourth-order valence-electron chi connectivity index (χ4n) is 4.56. The molecule has 0 radical (unpaired) electrons. The zero-order valence-corrected chi connectivity index (χ0v) is 21.4. The van der Waals surface area contributed by atoms with Crippen molar-refractivity contribution in [2.45, 2.75) is 46.1 Å². The number of carbonyl (C=O) groups is 1. The Morgan fingerprint density at radius 2 is 1.89 bits per heavy atom. The van der Waals surface area contributed by atoms with Gasteiger partial charge in [-0.3, -0.25) is 9.79 Å². The maximum Gasteiger partial charge on any atom is 0.246 e. The maximum atomic E-state index is 12.4. The van der Waals surface area contributed by atoms with Gasteiger partial charge < -0.3 is 16.0 Å². The second kappa shape index (κ2) is 11.7. The van der Waals surface area contributed by atoms with Crippen molar-refractivity contribution in [3.63, 3.8) is 0 Å². The van der Waals surface area contributed by atoms with Crippen LogP contribution < -0.4 is 11.1 Å². The van der Waals surface area contributed by atoms with E-state index in [2.05, 4.69) is 36.5 Å². The number of aromatic nitrogens is 2. The van der Waals surface area contributed by atoms with Crippen molar-refractivity contribution in [2.24, 2.45) is 4.99 Å². The number of amides is 1. The lowest BCUT2D eigenvalue weighted by Crippen LogP contribution is -2.27. The first-order chi connectivity index (χ1) is 17.5. The second-order valence-corrected chi connectivity index (χ2v) is 9.17. The van der Waals surface area contributed by atoms with Crippen LogP contribution >= 0.6 is 0 Å². The molecule has 1 aliphatic heterocycles. The van der Waals surface area contributed by atoms with E-state index in [9.17, 15) is 4.79 Å². The molecule has 2 aromatic carbocycles. The number of para-hydroxylation sites is 1. The van der Waals surface area contributed by atoms with Gasteiger partial charge >= 0.3 is 0 Å². The minimum atomic E-state index is 0.0324. The summed E-state index contributed by atoms with van der Waals surface area (Å²) in [6.07, 6.45) is 6.33. The van der Waals surface area contributed by atoms with E-state index < -0.39 is 0 Å². The van der Waals surface area contributed by atoms with Crippen LogP contribution in [0.2, 0.25) is 0 Å². The normalized spacial score (nSPS) is 16.1. The van der Waals surface area contributed by atoms with Crippen LogP contribution in [-0.2, 0) is 4.79 Å². The average Bonchev–Trinajstić information content (AvgIpc) is 3.50. The monoisotopic (exact) mass is 484 g/mol. The molecule has 1 aromatic heterocycles. The first-order valence-corrected chi connectivity index (χ1v) is 12.7. The standard InChI is InChI=1S/C29H36N6O/c1-4-6-18-31-21(3)27-28(22-13-15-24(16-14-22)32-23-11-8-7-9-12-23)33-35(29(27)30)25-17-19-34(20-25)26(36)10-5-2/h5,7-16,25,32H,4,6,17-20,30H2,1-3H3/b10-5+,31-21?. The number of rotatable bonds is 9. The Bertz CT molecular complexity index is 1230. The number of aliphatic imine (C=N–C) groups is 1. The number of nitrogens with zero attached hydrogens (tertiary/aromatic N) is 4. The first-order valence-electron chi connectivity index (χ1n) is 12.7. The molecule has 36 heavy (non-hydrogen) atoms. The van der Waals surface area contributed by atoms with Crippen molar-refractivity contribution in [3.05, 3.63) is 72.3 Å². The highest BCUT2D eigenvalue weighted by Gasteiger charge is 2.30. The van der Waals surface area contributed by atoms with Gasteiger partial charge in [0.25, 0.3) is 0 Å². The molecule has 0 spiro atoms. The van der Waals surface area contributed by atoms with Crippen LogP contribution in [-0.4, -0.2) is 45.9 Å². The number of likely N-dealkylation sites (tertiary alicyclic amines) is 1. The van der Waals surface area contributed by atoms with Crippen LogP contribution in [0.1, 0.15) is 51.6 Å². The number of nitrogens with two attached hydrogens (primary N) is 1. The Morgan fingerprint density at radius 3 is 2.58 bits per heavy atom. The molecule has 1 saturated heterocycles. The summed E-state index contributed by atoms with van der Waals surface area (Å²) in [5.74, 6) is 0.643. The lowest BCUT2D eigenvalue weighted by atomic mass is 10.0. The predicted molar refractivity (Wildman–Crippen MR) is 149 cm³/mol. The highest BCUT2D eigenvalue weighted by atomic mass is 16.2. The van der Waals surface area contributed by atoms with Crippen LogP contribution in [0.5, 0.6) is 0 Å². The average molecular weight is 485 g/mol. The van der Waals surface area contributed by atoms with E-state index in [1.807, 2.05) is 53.8 Å². The fourth-order valence-corrected chi connectivity index (χ4v) is 4.56. The number of carbonyl (C=O) groups excluding carboxylic acids is 1. The molecule has 3 N–H and O–H groups in total. The number of anilines is 3. The van der Waals surface area contributed by atoms with Crippen LogP contribution in [0.3, 0.4) is 0 Å². The summed E-state index contributed by atoms with van der Waals surface area (Å²) in [4.78, 5) is 19.0. The van der Waals surface area contributed by atoms with Gasteiger partial charge in [0.2, 0.25) is 5.91 Å². The van der Waals surface area contributed by atoms with Gasteiger partial charge in [0.05, 0.1) is 11.6 Å². The van der Waals surface area contributed by atoms with Gasteiger partial charge in [-0.1, -0.05) is 49.8 Å². The zero-order valence-electron chi connectivity index (χ0n) is 21.4. The highest BCUT2D eigenvalue weighted by Crippen LogP contribution is 2.33. The summed E-state index contributed by atoms with van der Waals surface area (Å²) < 4.78 is 1.91. The molecule has 0 bridgehead atoms. The van der Waals surface area contributed by atoms with Crippen molar-refractivity contribution in [3.8, 4) is 11.3 Å². The number of nitrogens with one attached hydrogen (secondary N) is 1. The van der Waals surface area contributed by atoms with Crippen molar-refractivity contribution in [2.75, 3.05) is 30.7 Å². The van der Waals surface area contributed by atoms with E-state index in [1.165, 1.54) is 0 Å². The number of benzene rings is 2. The first kappa shape index (κ1) is 25.2. The summed E-state index contributed by atoms with van der Waals surface area (Å²) in [7, 11) is 0. The van der Waals surface area contributed by atoms with Gasteiger partial charge in [-0.25, -0.2) is 4.68 Å². The van der Waals surface area contributed by atoms with Crippen molar-refractivity contribution in [1.82, 2.24) is 14.7 Å². The molecule has 2 heterocycles. The van der Waals surface area contributed by atoms with Gasteiger partial charge in [-0.05, 0) is 57.0 Å².